The van der Waals surface area contributed by atoms with Crippen LogP contribution in [0.1, 0.15) is 25.2 Å². The van der Waals surface area contributed by atoms with Crippen molar-refractivity contribution in [3.05, 3.63) is 88.3 Å². The Bertz CT molecular complexity index is 1040. The van der Waals surface area contributed by atoms with E-state index in [-0.39, 0.29) is 5.91 Å². The fourth-order valence-corrected chi connectivity index (χ4v) is 4.60. The number of hydrogen-bond acceptors (Lipinski definition) is 3. The molecule has 1 fully saturated rings. The number of anilines is 1. The minimum Gasteiger partial charge on any atom is -0.468 e. The summed E-state index contributed by atoms with van der Waals surface area (Å²) in [5.74, 6) is -0.337. The molecule has 1 atom stereocenters. The van der Waals surface area contributed by atoms with Crippen molar-refractivity contribution in [3.8, 4) is 0 Å². The molecule has 0 saturated carbocycles. The molecule has 0 aliphatic carbocycles. The normalized spacial score (nSPS) is 21.4. The van der Waals surface area contributed by atoms with Crippen molar-refractivity contribution < 1.29 is 14.0 Å². The van der Waals surface area contributed by atoms with E-state index in [9.17, 15) is 9.59 Å². The lowest BCUT2D eigenvalue weighted by molar-refractivity contribution is -0.125. The van der Waals surface area contributed by atoms with E-state index in [1.807, 2.05) is 30.3 Å². The molecular formula is C22H17Cl2NO3. The summed E-state index contributed by atoms with van der Waals surface area (Å²) in [4.78, 5) is 28.6. The molecule has 28 heavy (non-hydrogen) atoms. The molecule has 0 N–H and O–H groups in total. The molecule has 2 amide bonds. The van der Waals surface area contributed by atoms with Gasteiger partial charge in [-0.1, -0.05) is 53.5 Å². The van der Waals surface area contributed by atoms with E-state index in [1.165, 1.54) is 6.26 Å². The third-order valence-corrected chi connectivity index (χ3v) is 5.84. The highest BCUT2D eigenvalue weighted by molar-refractivity contribution is 6.36. The second-order valence-electron chi connectivity index (χ2n) is 7.29. The van der Waals surface area contributed by atoms with Gasteiger partial charge < -0.3 is 4.42 Å². The zero-order valence-corrected chi connectivity index (χ0v) is 16.8. The van der Waals surface area contributed by atoms with Crippen molar-refractivity contribution in [2.45, 2.75) is 19.3 Å². The van der Waals surface area contributed by atoms with Gasteiger partial charge in [0.2, 0.25) is 5.91 Å². The Morgan fingerprint density at radius 1 is 0.857 bits per heavy atom. The van der Waals surface area contributed by atoms with Gasteiger partial charge in [0.1, 0.15) is 11.2 Å². The first-order valence-electron chi connectivity index (χ1n) is 8.74. The van der Waals surface area contributed by atoms with Crippen LogP contribution < -0.4 is 4.90 Å². The van der Waals surface area contributed by atoms with Gasteiger partial charge in [0.25, 0.3) is 5.91 Å². The van der Waals surface area contributed by atoms with Gasteiger partial charge in [-0.15, -0.1) is 0 Å². The summed E-state index contributed by atoms with van der Waals surface area (Å²) in [6, 6.07) is 17.3. The molecule has 6 heteroatoms. The molecule has 1 saturated heterocycles. The molecule has 2 heterocycles. The maximum absolute atomic E-state index is 13.9. The minimum atomic E-state index is -1.32. The number of hydrogen-bond donors (Lipinski definition) is 0. The number of halogens is 2. The zero-order chi connectivity index (χ0) is 20.1. The van der Waals surface area contributed by atoms with E-state index in [0.717, 1.165) is 4.90 Å². The molecule has 0 unspecified atom stereocenters. The Hall–Kier alpha value is -2.56. The summed E-state index contributed by atoms with van der Waals surface area (Å²) in [5.41, 5.74) is -1.41. The van der Waals surface area contributed by atoms with Gasteiger partial charge >= 0.3 is 0 Å². The average Bonchev–Trinajstić information content (AvgIpc) is 3.21. The van der Waals surface area contributed by atoms with Crippen molar-refractivity contribution in [1.82, 2.24) is 0 Å². The van der Waals surface area contributed by atoms with Crippen LogP contribution in [0.3, 0.4) is 0 Å². The lowest BCUT2D eigenvalue weighted by Crippen LogP contribution is -2.46. The van der Waals surface area contributed by atoms with Gasteiger partial charge in [-0.2, -0.15) is 0 Å². The Labute approximate surface area is 172 Å². The molecule has 0 bridgehead atoms. The first-order valence-corrected chi connectivity index (χ1v) is 9.50. The third kappa shape index (κ3) is 2.45. The summed E-state index contributed by atoms with van der Waals surface area (Å²) >= 11 is 12.3. The zero-order valence-electron chi connectivity index (χ0n) is 15.3. The van der Waals surface area contributed by atoms with Crippen LogP contribution in [0.15, 0.2) is 71.3 Å². The molecule has 4 nitrogen and oxygen atoms in total. The number of furan rings is 1. The average molecular weight is 414 g/mol. The van der Waals surface area contributed by atoms with Gasteiger partial charge in [-0.25, -0.2) is 4.90 Å². The second-order valence-corrected chi connectivity index (χ2v) is 8.16. The Kier molecular flexibility index (Phi) is 4.36. The number of amides is 2. The first-order chi connectivity index (χ1) is 13.3. The molecule has 4 rings (SSSR count). The van der Waals surface area contributed by atoms with Crippen LogP contribution in [0.5, 0.6) is 0 Å². The quantitative estimate of drug-likeness (QED) is 0.534. The Balaban J connectivity index is 2.02. The molecule has 3 aromatic rings. The van der Waals surface area contributed by atoms with Gasteiger partial charge in [0, 0.05) is 10.0 Å². The molecule has 0 spiro atoms. The first kappa shape index (κ1) is 18.8. The SMILES string of the molecule is CC1(C)C(=O)N(c2cc(Cl)cc(Cl)c2)C(=O)[C@]1(c1ccccc1)c1ccco1. The number of carbonyl (C=O) groups excluding carboxylic acids is 2. The third-order valence-electron chi connectivity index (χ3n) is 5.40. The van der Waals surface area contributed by atoms with E-state index < -0.39 is 16.7 Å². The van der Waals surface area contributed by atoms with Gasteiger partial charge in [-0.3, -0.25) is 9.59 Å². The second kappa shape index (κ2) is 6.50. The van der Waals surface area contributed by atoms with E-state index in [0.29, 0.717) is 27.1 Å². The maximum atomic E-state index is 13.9. The van der Waals surface area contributed by atoms with Crippen molar-refractivity contribution in [1.29, 1.82) is 0 Å². The molecular weight excluding hydrogens is 397 g/mol. The highest BCUT2D eigenvalue weighted by Gasteiger charge is 2.68. The van der Waals surface area contributed by atoms with Crippen molar-refractivity contribution in [2.24, 2.45) is 5.41 Å². The highest BCUT2D eigenvalue weighted by atomic mass is 35.5. The van der Waals surface area contributed by atoms with Gasteiger partial charge in [0.15, 0.2) is 0 Å². The van der Waals surface area contributed by atoms with Gasteiger partial charge in [-0.05, 0) is 49.7 Å². The van der Waals surface area contributed by atoms with Crippen molar-refractivity contribution in [2.75, 3.05) is 4.90 Å². The standard InChI is InChI=1S/C22H17Cl2NO3/c1-21(2)19(26)25(17-12-15(23)11-16(24)13-17)20(27)22(21,18-9-6-10-28-18)14-7-4-3-5-8-14/h3-13H,1-2H3/t22-/m0/s1. The lowest BCUT2D eigenvalue weighted by atomic mass is 9.62. The van der Waals surface area contributed by atoms with Crippen molar-refractivity contribution >= 4 is 40.7 Å². The fourth-order valence-electron chi connectivity index (χ4n) is 4.09. The fraction of sp³-hybridized carbons (Fsp3) is 0.182. The monoisotopic (exact) mass is 413 g/mol. The number of benzene rings is 2. The highest BCUT2D eigenvalue weighted by Crippen LogP contribution is 2.55. The predicted octanol–water partition coefficient (Wildman–Crippen LogP) is 5.47. The summed E-state index contributed by atoms with van der Waals surface area (Å²) in [6.45, 7) is 3.52. The van der Waals surface area contributed by atoms with E-state index >= 15 is 0 Å². The number of carbonyl (C=O) groups is 2. The Morgan fingerprint density at radius 3 is 2.07 bits per heavy atom. The van der Waals surface area contributed by atoms with E-state index in [4.69, 9.17) is 27.6 Å². The molecule has 0 radical (unpaired) electrons. The smallest absolute Gasteiger partial charge is 0.253 e. The largest absolute Gasteiger partial charge is 0.468 e. The number of rotatable bonds is 3. The molecule has 2 aromatic carbocycles. The molecule has 1 aromatic heterocycles. The van der Waals surface area contributed by atoms with Crippen LogP contribution in [0, 0.1) is 5.41 Å². The van der Waals surface area contributed by atoms with Gasteiger partial charge in [0.05, 0.1) is 17.4 Å². The van der Waals surface area contributed by atoms with Crippen LogP contribution in [-0.2, 0) is 15.0 Å². The number of imide groups is 1. The number of nitrogens with zero attached hydrogens (tertiary/aromatic N) is 1. The van der Waals surface area contributed by atoms with E-state index in [1.54, 1.807) is 44.2 Å². The molecule has 142 valence electrons. The summed E-state index contributed by atoms with van der Waals surface area (Å²) in [7, 11) is 0. The predicted molar refractivity (Wildman–Crippen MR) is 109 cm³/mol. The minimum absolute atomic E-state index is 0.338. The van der Waals surface area contributed by atoms with Crippen LogP contribution in [0.4, 0.5) is 5.69 Å². The van der Waals surface area contributed by atoms with Crippen LogP contribution >= 0.6 is 23.2 Å². The summed E-state index contributed by atoms with van der Waals surface area (Å²) in [6.07, 6.45) is 1.51. The maximum Gasteiger partial charge on any atom is 0.253 e. The lowest BCUT2D eigenvalue weighted by Gasteiger charge is -2.35. The van der Waals surface area contributed by atoms with E-state index in [2.05, 4.69) is 0 Å². The molecule has 1 aliphatic rings. The topological polar surface area (TPSA) is 50.5 Å². The summed E-state index contributed by atoms with van der Waals surface area (Å²) < 4.78 is 5.71. The van der Waals surface area contributed by atoms with Crippen LogP contribution in [0.25, 0.3) is 0 Å². The van der Waals surface area contributed by atoms with Crippen LogP contribution in [0.2, 0.25) is 10.0 Å². The molecule has 1 aliphatic heterocycles. The van der Waals surface area contributed by atoms with Crippen molar-refractivity contribution in [3.63, 3.8) is 0 Å². The Morgan fingerprint density at radius 2 is 1.50 bits per heavy atom. The summed E-state index contributed by atoms with van der Waals surface area (Å²) in [5, 5.41) is 0.687. The van der Waals surface area contributed by atoms with Crippen LogP contribution in [-0.4, -0.2) is 11.8 Å².